The van der Waals surface area contributed by atoms with Crippen LogP contribution in [0.5, 0.6) is 0 Å². The van der Waals surface area contributed by atoms with Crippen LogP contribution >= 0.6 is 0 Å². The number of amidine groups is 1. The Bertz CT molecular complexity index is 1590. The second-order valence-corrected chi connectivity index (χ2v) is 10.4. The lowest BCUT2D eigenvalue weighted by Crippen LogP contribution is -2.38. The molecule has 3 atom stereocenters. The fourth-order valence-corrected chi connectivity index (χ4v) is 6.61. The molecule has 3 aromatic rings. The first kappa shape index (κ1) is 22.0. The van der Waals surface area contributed by atoms with Gasteiger partial charge in [-0.3, -0.25) is 0 Å². The molecule has 7 rings (SSSR count). The van der Waals surface area contributed by atoms with Crippen molar-refractivity contribution in [2.45, 2.75) is 44.1 Å². The van der Waals surface area contributed by atoms with Gasteiger partial charge in [-0.25, -0.2) is 28.5 Å². The van der Waals surface area contributed by atoms with Gasteiger partial charge in [0.15, 0.2) is 11.7 Å². The van der Waals surface area contributed by atoms with E-state index < -0.39 is 29.1 Å². The number of dihydropyridines is 1. The average Bonchev–Trinajstić information content (AvgIpc) is 3.45. The Morgan fingerprint density at radius 1 is 1.11 bits per heavy atom. The number of aliphatic imine (C=N–C) groups is 2. The maximum Gasteiger partial charge on any atom is 0.343 e. The molecular formula is C27H21F2N7O. The molecule has 2 aliphatic carbocycles. The second-order valence-electron chi connectivity index (χ2n) is 10.4. The number of urea groups is 1. The van der Waals surface area contributed by atoms with Crippen LogP contribution in [-0.4, -0.2) is 44.3 Å². The lowest BCUT2D eigenvalue weighted by atomic mass is 9.66. The van der Waals surface area contributed by atoms with Crippen molar-refractivity contribution in [3.8, 4) is 11.3 Å². The van der Waals surface area contributed by atoms with Gasteiger partial charge >= 0.3 is 6.03 Å². The normalized spacial score (nSPS) is 26.4. The third-order valence-electron chi connectivity index (χ3n) is 8.41. The predicted molar refractivity (Wildman–Crippen MR) is 132 cm³/mol. The number of benzene rings is 1. The molecule has 0 radical (unpaired) electrons. The van der Waals surface area contributed by atoms with Crippen molar-refractivity contribution < 1.29 is 13.6 Å². The fraction of sp³-hybridized carbons (Fsp3) is 0.296. The molecule has 37 heavy (non-hydrogen) atoms. The smallest absolute Gasteiger partial charge is 0.323 e. The molecule has 2 aliphatic heterocycles. The number of hydrogen-bond acceptors (Lipinski definition) is 6. The molecule has 1 aromatic carbocycles. The van der Waals surface area contributed by atoms with Crippen molar-refractivity contribution in [1.82, 2.24) is 25.5 Å². The average molecular weight is 498 g/mol. The third-order valence-corrected chi connectivity index (χ3v) is 8.41. The molecule has 0 saturated heterocycles. The maximum absolute atomic E-state index is 14.5. The van der Waals surface area contributed by atoms with Gasteiger partial charge < -0.3 is 5.32 Å². The van der Waals surface area contributed by atoms with Crippen LogP contribution in [0.1, 0.15) is 55.4 Å². The number of amides is 2. The van der Waals surface area contributed by atoms with Gasteiger partial charge in [0.05, 0.1) is 28.1 Å². The van der Waals surface area contributed by atoms with Gasteiger partial charge in [0, 0.05) is 18.0 Å². The van der Waals surface area contributed by atoms with Crippen molar-refractivity contribution in [3.63, 3.8) is 0 Å². The lowest BCUT2D eigenvalue weighted by molar-refractivity contribution is 0.242. The SMILES string of the molecule is CC1(C)[C@H]2CC[C@]1(c1ccnc(C3=CC4NC(=O)N=C4N=C3)n1)c1nnc(-c3c(F)cccc3F)cc12. The van der Waals surface area contributed by atoms with Crippen molar-refractivity contribution in [1.29, 1.82) is 0 Å². The van der Waals surface area contributed by atoms with E-state index in [4.69, 9.17) is 4.98 Å². The quantitative estimate of drug-likeness (QED) is 0.579. The summed E-state index contributed by atoms with van der Waals surface area (Å²) in [5, 5.41) is 11.6. The Morgan fingerprint density at radius 2 is 1.92 bits per heavy atom. The molecule has 1 fully saturated rings. The van der Waals surface area contributed by atoms with E-state index in [2.05, 4.69) is 44.3 Å². The summed E-state index contributed by atoms with van der Waals surface area (Å²) in [5.74, 6) is -0.290. The molecule has 184 valence electrons. The van der Waals surface area contributed by atoms with Crippen LogP contribution in [0.2, 0.25) is 0 Å². The molecule has 4 aliphatic rings. The maximum atomic E-state index is 14.5. The number of carbonyl (C=O) groups excluding carboxylic acids is 1. The van der Waals surface area contributed by atoms with E-state index in [9.17, 15) is 13.6 Å². The first-order chi connectivity index (χ1) is 17.8. The van der Waals surface area contributed by atoms with Crippen molar-refractivity contribution in [3.05, 3.63) is 77.0 Å². The molecule has 2 amide bonds. The largest absolute Gasteiger partial charge is 0.343 e. The van der Waals surface area contributed by atoms with Gasteiger partial charge in [-0.2, -0.15) is 10.1 Å². The number of halogens is 2. The molecule has 0 spiro atoms. The summed E-state index contributed by atoms with van der Waals surface area (Å²) in [7, 11) is 0. The van der Waals surface area contributed by atoms with E-state index in [1.807, 2.05) is 12.1 Å². The molecule has 1 saturated carbocycles. The van der Waals surface area contributed by atoms with Crippen LogP contribution in [0.15, 0.2) is 52.6 Å². The van der Waals surface area contributed by atoms with Crippen molar-refractivity contribution in [2.75, 3.05) is 0 Å². The van der Waals surface area contributed by atoms with Crippen molar-refractivity contribution >= 4 is 23.7 Å². The van der Waals surface area contributed by atoms with Gasteiger partial charge in [-0.1, -0.05) is 19.9 Å². The van der Waals surface area contributed by atoms with Crippen molar-refractivity contribution in [2.24, 2.45) is 15.4 Å². The second kappa shape index (κ2) is 7.41. The summed E-state index contributed by atoms with van der Waals surface area (Å²) in [5.41, 5.74) is 2.47. The van der Waals surface area contributed by atoms with Gasteiger partial charge in [0.25, 0.3) is 0 Å². The summed E-state index contributed by atoms with van der Waals surface area (Å²) < 4.78 is 29.0. The van der Waals surface area contributed by atoms with Crippen LogP contribution in [0, 0.1) is 17.0 Å². The van der Waals surface area contributed by atoms with Gasteiger partial charge in [-0.15, -0.1) is 5.10 Å². The number of hydrogen-bond donors (Lipinski definition) is 1. The number of nitrogens with zero attached hydrogens (tertiary/aromatic N) is 6. The first-order valence-electron chi connectivity index (χ1n) is 12.1. The Labute approximate surface area is 210 Å². The highest BCUT2D eigenvalue weighted by Crippen LogP contribution is 2.69. The number of allylic oxidation sites excluding steroid dienone is 1. The summed E-state index contributed by atoms with van der Waals surface area (Å²) in [6.45, 7) is 4.38. The summed E-state index contributed by atoms with van der Waals surface area (Å²) >= 11 is 0. The minimum Gasteiger partial charge on any atom is -0.323 e. The molecule has 2 bridgehead atoms. The Kier molecular flexibility index (Phi) is 4.41. The summed E-state index contributed by atoms with van der Waals surface area (Å²) in [6.07, 6.45) is 6.89. The number of aromatic nitrogens is 4. The number of fused-ring (bicyclic) bond motifs is 6. The lowest BCUT2D eigenvalue weighted by Gasteiger charge is -2.37. The van der Waals surface area contributed by atoms with Crippen LogP contribution in [0.3, 0.4) is 0 Å². The van der Waals surface area contributed by atoms with E-state index in [-0.39, 0.29) is 22.6 Å². The highest BCUT2D eigenvalue weighted by atomic mass is 19.1. The van der Waals surface area contributed by atoms with E-state index in [0.29, 0.717) is 17.2 Å². The Balaban J connectivity index is 1.34. The summed E-state index contributed by atoms with van der Waals surface area (Å²) in [4.78, 5) is 29.2. The molecular weight excluding hydrogens is 476 g/mol. The highest BCUT2D eigenvalue weighted by Gasteiger charge is 2.65. The van der Waals surface area contributed by atoms with E-state index in [1.165, 1.54) is 18.2 Å². The monoisotopic (exact) mass is 497 g/mol. The zero-order chi connectivity index (χ0) is 25.5. The molecule has 1 unspecified atom stereocenters. The van der Waals surface area contributed by atoms with Crippen LogP contribution in [0.25, 0.3) is 16.8 Å². The topological polar surface area (TPSA) is 105 Å². The van der Waals surface area contributed by atoms with E-state index in [0.717, 1.165) is 29.8 Å². The van der Waals surface area contributed by atoms with Crippen LogP contribution in [0.4, 0.5) is 13.6 Å². The fourth-order valence-electron chi connectivity index (χ4n) is 6.61. The van der Waals surface area contributed by atoms with Crippen LogP contribution in [-0.2, 0) is 5.41 Å². The Hall–Kier alpha value is -4.21. The predicted octanol–water partition coefficient (Wildman–Crippen LogP) is 4.37. The molecule has 10 heteroatoms. The summed E-state index contributed by atoms with van der Waals surface area (Å²) in [6, 6.07) is 6.66. The van der Waals surface area contributed by atoms with Crippen LogP contribution < -0.4 is 5.32 Å². The highest BCUT2D eigenvalue weighted by molar-refractivity contribution is 6.20. The number of carbonyl (C=O) groups is 1. The Morgan fingerprint density at radius 3 is 2.73 bits per heavy atom. The molecule has 2 aromatic heterocycles. The molecule has 8 nitrogen and oxygen atoms in total. The minimum absolute atomic E-state index is 0.132. The zero-order valence-electron chi connectivity index (χ0n) is 20.0. The number of nitrogens with one attached hydrogen (secondary N) is 1. The van der Waals surface area contributed by atoms with Gasteiger partial charge in [0.2, 0.25) is 0 Å². The number of rotatable bonds is 3. The third kappa shape index (κ3) is 2.89. The van der Waals surface area contributed by atoms with E-state index >= 15 is 0 Å². The van der Waals surface area contributed by atoms with Gasteiger partial charge in [0.1, 0.15) is 17.7 Å². The molecule has 4 heterocycles. The standard InChI is InChI=1S/C27H21F2N7O/c1-26(2)15-6-8-27(26,22-14(15)11-18(35-36-22)21-16(28)4-3-5-17(21)29)20-7-9-30-23(33-20)13-10-19-24(31-12-13)34-25(37)32-19/h3-5,7,9-12,15,19H,6,8H2,1-2H3,(H,32,37)/t15-,19?,27-/m0/s1. The zero-order valence-corrected chi connectivity index (χ0v) is 20.0. The van der Waals surface area contributed by atoms with Gasteiger partial charge in [-0.05, 0) is 60.1 Å². The van der Waals surface area contributed by atoms with E-state index in [1.54, 1.807) is 18.5 Å². The minimum atomic E-state index is -0.666. The first-order valence-corrected chi connectivity index (χ1v) is 12.1. The molecule has 1 N–H and O–H groups in total.